The highest BCUT2D eigenvalue weighted by molar-refractivity contribution is 4.97. The van der Waals surface area contributed by atoms with Crippen LogP contribution in [0.15, 0.2) is 22.8 Å². The van der Waals surface area contributed by atoms with Gasteiger partial charge in [-0.25, -0.2) is 0 Å². The Morgan fingerprint density at radius 2 is 2.00 bits per heavy atom. The van der Waals surface area contributed by atoms with Gasteiger partial charge in [0, 0.05) is 6.42 Å². The van der Waals surface area contributed by atoms with E-state index in [2.05, 4.69) is 0 Å². The third-order valence-electron chi connectivity index (χ3n) is 2.84. The molecule has 1 aliphatic heterocycles. The summed E-state index contributed by atoms with van der Waals surface area (Å²) in [5, 5.41) is 0. The quantitative estimate of drug-likeness (QED) is 0.696. The lowest BCUT2D eigenvalue weighted by molar-refractivity contribution is -0.181. The zero-order chi connectivity index (χ0) is 11.1. The summed E-state index contributed by atoms with van der Waals surface area (Å²) in [7, 11) is 0. The maximum Gasteiger partial charge on any atom is 0.157 e. The molecule has 1 aromatic rings. The third kappa shape index (κ3) is 3.99. The lowest BCUT2D eigenvalue weighted by Gasteiger charge is -2.22. The van der Waals surface area contributed by atoms with Gasteiger partial charge in [0.05, 0.1) is 19.5 Å². The molecule has 0 atom stereocenters. The Hall–Kier alpha value is -0.800. The van der Waals surface area contributed by atoms with E-state index < -0.39 is 0 Å². The van der Waals surface area contributed by atoms with E-state index in [1.807, 2.05) is 12.1 Å². The van der Waals surface area contributed by atoms with Gasteiger partial charge in [0.1, 0.15) is 5.76 Å². The normalized spacial score (nSPS) is 17.8. The van der Waals surface area contributed by atoms with Crippen LogP contribution in [0.3, 0.4) is 0 Å². The molecule has 2 rings (SSSR count). The highest BCUT2D eigenvalue weighted by Gasteiger charge is 2.12. The molecule has 0 unspecified atom stereocenters. The highest BCUT2D eigenvalue weighted by atomic mass is 16.7. The van der Waals surface area contributed by atoms with Crippen molar-refractivity contribution in [3.63, 3.8) is 0 Å². The Labute approximate surface area is 96.7 Å². The SMILES string of the molecule is c1coc(CCCCCC2OCCCO2)c1. The van der Waals surface area contributed by atoms with Crippen LogP contribution in [0.25, 0.3) is 0 Å². The second-order valence-electron chi connectivity index (χ2n) is 4.20. The van der Waals surface area contributed by atoms with Gasteiger partial charge in [-0.15, -0.1) is 0 Å². The standard InChI is InChI=1S/C13H20O3/c1(2-6-12-7-4-9-14-12)3-8-13-15-10-5-11-16-13/h4,7,9,13H,1-3,5-6,8,10-11H2. The number of furan rings is 1. The highest BCUT2D eigenvalue weighted by Crippen LogP contribution is 2.14. The Kier molecular flexibility index (Phi) is 4.90. The summed E-state index contributed by atoms with van der Waals surface area (Å²) in [5.74, 6) is 1.09. The molecule has 2 heterocycles. The zero-order valence-electron chi connectivity index (χ0n) is 9.69. The predicted molar refractivity (Wildman–Crippen MR) is 61.2 cm³/mol. The molecular formula is C13H20O3. The molecule has 0 N–H and O–H groups in total. The minimum Gasteiger partial charge on any atom is -0.469 e. The van der Waals surface area contributed by atoms with E-state index in [9.17, 15) is 0 Å². The summed E-state index contributed by atoms with van der Waals surface area (Å²) in [6, 6.07) is 3.98. The molecule has 1 fully saturated rings. The van der Waals surface area contributed by atoms with Gasteiger partial charge in [0.25, 0.3) is 0 Å². The molecule has 16 heavy (non-hydrogen) atoms. The first-order valence-corrected chi connectivity index (χ1v) is 6.21. The molecule has 0 saturated carbocycles. The number of aryl methyl sites for hydroxylation is 1. The number of ether oxygens (including phenoxy) is 2. The van der Waals surface area contributed by atoms with Crippen LogP contribution < -0.4 is 0 Å². The first-order chi connectivity index (χ1) is 7.95. The summed E-state index contributed by atoms with van der Waals surface area (Å²) in [6.45, 7) is 1.72. The molecule has 0 amide bonds. The molecule has 1 aromatic heterocycles. The topological polar surface area (TPSA) is 31.6 Å². The first kappa shape index (κ1) is 11.7. The smallest absolute Gasteiger partial charge is 0.157 e. The number of rotatable bonds is 6. The van der Waals surface area contributed by atoms with Crippen molar-refractivity contribution in [2.45, 2.75) is 44.8 Å². The van der Waals surface area contributed by atoms with Gasteiger partial charge in [-0.05, 0) is 37.8 Å². The maximum atomic E-state index is 5.49. The van der Waals surface area contributed by atoms with Crippen molar-refractivity contribution in [2.24, 2.45) is 0 Å². The van der Waals surface area contributed by atoms with Crippen molar-refractivity contribution in [3.05, 3.63) is 24.2 Å². The summed E-state index contributed by atoms with van der Waals surface area (Å²) in [6.07, 6.45) is 8.46. The Morgan fingerprint density at radius 3 is 2.75 bits per heavy atom. The molecule has 0 spiro atoms. The van der Waals surface area contributed by atoms with Gasteiger partial charge in [0.15, 0.2) is 6.29 Å². The van der Waals surface area contributed by atoms with Gasteiger partial charge in [-0.3, -0.25) is 0 Å². The Balaban J connectivity index is 1.48. The molecule has 1 saturated heterocycles. The van der Waals surface area contributed by atoms with Crippen LogP contribution in [-0.2, 0) is 15.9 Å². The van der Waals surface area contributed by atoms with Crippen molar-refractivity contribution < 1.29 is 13.9 Å². The van der Waals surface area contributed by atoms with Crippen molar-refractivity contribution in [2.75, 3.05) is 13.2 Å². The average molecular weight is 224 g/mol. The predicted octanol–water partition coefficient (Wildman–Crippen LogP) is 3.15. The largest absolute Gasteiger partial charge is 0.469 e. The number of hydrogen-bond donors (Lipinski definition) is 0. The fourth-order valence-electron chi connectivity index (χ4n) is 1.95. The van der Waals surface area contributed by atoms with Crippen LogP contribution in [0.4, 0.5) is 0 Å². The number of hydrogen-bond acceptors (Lipinski definition) is 3. The fraction of sp³-hybridized carbons (Fsp3) is 0.692. The molecule has 3 nitrogen and oxygen atoms in total. The molecule has 0 radical (unpaired) electrons. The molecule has 90 valence electrons. The lowest BCUT2D eigenvalue weighted by atomic mass is 10.1. The van der Waals surface area contributed by atoms with Gasteiger partial charge in [0.2, 0.25) is 0 Å². The Bertz CT molecular complexity index is 263. The van der Waals surface area contributed by atoms with Gasteiger partial charge >= 0.3 is 0 Å². The van der Waals surface area contributed by atoms with Crippen LogP contribution >= 0.6 is 0 Å². The van der Waals surface area contributed by atoms with E-state index in [-0.39, 0.29) is 6.29 Å². The van der Waals surface area contributed by atoms with E-state index in [0.717, 1.165) is 38.2 Å². The second-order valence-corrected chi connectivity index (χ2v) is 4.20. The Morgan fingerprint density at radius 1 is 1.12 bits per heavy atom. The molecule has 3 heteroatoms. The van der Waals surface area contributed by atoms with Crippen LogP contribution in [0, 0.1) is 0 Å². The number of unbranched alkanes of at least 4 members (excludes halogenated alkanes) is 2. The summed E-state index contributed by atoms with van der Waals surface area (Å²) in [5.41, 5.74) is 0. The molecular weight excluding hydrogens is 204 g/mol. The fourth-order valence-corrected chi connectivity index (χ4v) is 1.95. The van der Waals surface area contributed by atoms with Crippen molar-refractivity contribution in [1.29, 1.82) is 0 Å². The van der Waals surface area contributed by atoms with Crippen molar-refractivity contribution >= 4 is 0 Å². The molecule has 0 aromatic carbocycles. The average Bonchev–Trinajstić information content (AvgIpc) is 2.83. The van der Waals surface area contributed by atoms with Crippen LogP contribution in [0.2, 0.25) is 0 Å². The molecule has 0 aliphatic carbocycles. The van der Waals surface area contributed by atoms with Crippen LogP contribution in [-0.4, -0.2) is 19.5 Å². The minimum atomic E-state index is 0.0531. The second kappa shape index (κ2) is 6.71. The summed E-state index contributed by atoms with van der Waals surface area (Å²) in [4.78, 5) is 0. The third-order valence-corrected chi connectivity index (χ3v) is 2.84. The van der Waals surface area contributed by atoms with Crippen LogP contribution in [0.5, 0.6) is 0 Å². The van der Waals surface area contributed by atoms with Crippen molar-refractivity contribution in [1.82, 2.24) is 0 Å². The van der Waals surface area contributed by atoms with E-state index in [0.29, 0.717) is 0 Å². The van der Waals surface area contributed by atoms with Gasteiger partial charge < -0.3 is 13.9 Å². The van der Waals surface area contributed by atoms with Crippen molar-refractivity contribution in [3.8, 4) is 0 Å². The van der Waals surface area contributed by atoms with Gasteiger partial charge in [-0.2, -0.15) is 0 Å². The maximum absolute atomic E-state index is 5.49. The summed E-state index contributed by atoms with van der Waals surface area (Å²) >= 11 is 0. The lowest BCUT2D eigenvalue weighted by Crippen LogP contribution is -2.24. The van der Waals surface area contributed by atoms with E-state index in [1.165, 1.54) is 19.3 Å². The van der Waals surface area contributed by atoms with E-state index in [4.69, 9.17) is 13.9 Å². The first-order valence-electron chi connectivity index (χ1n) is 6.21. The molecule has 0 bridgehead atoms. The molecule has 1 aliphatic rings. The monoisotopic (exact) mass is 224 g/mol. The summed E-state index contributed by atoms with van der Waals surface area (Å²) < 4.78 is 16.3. The van der Waals surface area contributed by atoms with E-state index in [1.54, 1.807) is 6.26 Å². The minimum absolute atomic E-state index is 0.0531. The van der Waals surface area contributed by atoms with E-state index >= 15 is 0 Å². The van der Waals surface area contributed by atoms with Crippen LogP contribution in [0.1, 0.15) is 37.9 Å². The van der Waals surface area contributed by atoms with Gasteiger partial charge in [-0.1, -0.05) is 6.42 Å². The zero-order valence-corrected chi connectivity index (χ0v) is 9.69.